The van der Waals surface area contributed by atoms with Gasteiger partial charge in [0.1, 0.15) is 6.04 Å². The highest BCUT2D eigenvalue weighted by atomic mass is 16.2. The van der Waals surface area contributed by atoms with Gasteiger partial charge < -0.3 is 10.6 Å². The second-order valence-corrected chi connectivity index (χ2v) is 6.97. The predicted octanol–water partition coefficient (Wildman–Crippen LogP) is 1.73. The third-order valence-electron chi connectivity index (χ3n) is 5.35. The van der Waals surface area contributed by atoms with Crippen molar-refractivity contribution in [2.75, 3.05) is 13.1 Å². The van der Waals surface area contributed by atoms with Crippen LogP contribution in [0, 0.1) is 0 Å². The monoisotopic (exact) mass is 350 g/mol. The molecule has 2 amide bonds. The Morgan fingerprint density at radius 2 is 1.92 bits per heavy atom. The lowest BCUT2D eigenvalue weighted by atomic mass is 10.00. The fourth-order valence-electron chi connectivity index (χ4n) is 4.11. The van der Waals surface area contributed by atoms with E-state index in [4.69, 9.17) is 5.73 Å². The van der Waals surface area contributed by atoms with Gasteiger partial charge in [-0.2, -0.15) is 0 Å². The Morgan fingerprint density at radius 1 is 1.15 bits per heavy atom. The van der Waals surface area contributed by atoms with Gasteiger partial charge in [-0.15, -0.1) is 0 Å². The number of piperidine rings is 1. The van der Waals surface area contributed by atoms with Crippen LogP contribution in [-0.4, -0.2) is 45.7 Å². The molecule has 2 aliphatic heterocycles. The number of amides is 2. The molecule has 26 heavy (non-hydrogen) atoms. The number of fused-ring (bicyclic) bond motifs is 1. The van der Waals surface area contributed by atoms with E-state index in [1.807, 2.05) is 30.5 Å². The Balaban J connectivity index is 1.47. The molecular weight excluding hydrogens is 328 g/mol. The average Bonchev–Trinajstić information content (AvgIpc) is 2.96. The van der Waals surface area contributed by atoms with Gasteiger partial charge in [-0.1, -0.05) is 24.3 Å². The number of rotatable bonds is 4. The number of pyridine rings is 1. The van der Waals surface area contributed by atoms with E-state index < -0.39 is 11.9 Å². The molecule has 6 heteroatoms. The molecule has 2 aromatic rings. The molecule has 0 saturated carbocycles. The number of aromatic nitrogens is 1. The Labute approximate surface area is 152 Å². The normalized spacial score (nSPS) is 21.0. The number of nitrogens with zero attached hydrogens (tertiary/aromatic N) is 3. The first-order chi connectivity index (χ1) is 12.6. The summed E-state index contributed by atoms with van der Waals surface area (Å²) in [5.74, 6) is -0.531. The molecule has 1 aromatic heterocycles. The van der Waals surface area contributed by atoms with Crippen LogP contribution in [0.4, 0.5) is 0 Å². The molecule has 2 aliphatic rings. The van der Waals surface area contributed by atoms with Crippen LogP contribution in [0.15, 0.2) is 48.8 Å². The topological polar surface area (TPSA) is 79.5 Å². The quantitative estimate of drug-likeness (QED) is 0.911. The summed E-state index contributed by atoms with van der Waals surface area (Å²) in [6.45, 7) is 2.62. The number of primary amides is 1. The first-order valence-electron chi connectivity index (χ1n) is 8.97. The van der Waals surface area contributed by atoms with Crippen LogP contribution >= 0.6 is 0 Å². The molecule has 1 atom stereocenters. The van der Waals surface area contributed by atoms with Crippen molar-refractivity contribution in [2.45, 2.75) is 31.5 Å². The molecule has 6 nitrogen and oxygen atoms in total. The molecule has 0 spiro atoms. The van der Waals surface area contributed by atoms with Crippen LogP contribution < -0.4 is 5.73 Å². The van der Waals surface area contributed by atoms with Gasteiger partial charge in [-0.3, -0.25) is 19.5 Å². The van der Waals surface area contributed by atoms with E-state index in [9.17, 15) is 9.59 Å². The number of hydrogen-bond acceptors (Lipinski definition) is 4. The summed E-state index contributed by atoms with van der Waals surface area (Å²) in [4.78, 5) is 33.2. The zero-order valence-corrected chi connectivity index (χ0v) is 14.5. The minimum absolute atomic E-state index is 0.0394. The van der Waals surface area contributed by atoms with Gasteiger partial charge in [0.15, 0.2) is 0 Å². The molecule has 3 heterocycles. The Kier molecular flexibility index (Phi) is 4.42. The molecule has 134 valence electrons. The minimum atomic E-state index is -0.645. The van der Waals surface area contributed by atoms with Crippen molar-refractivity contribution in [3.05, 3.63) is 65.5 Å². The van der Waals surface area contributed by atoms with E-state index in [1.165, 1.54) is 5.56 Å². The lowest BCUT2D eigenvalue weighted by Crippen LogP contribution is -2.48. The molecule has 1 unspecified atom stereocenters. The predicted molar refractivity (Wildman–Crippen MR) is 97.1 cm³/mol. The molecule has 0 aliphatic carbocycles. The van der Waals surface area contributed by atoms with Crippen molar-refractivity contribution < 1.29 is 9.59 Å². The van der Waals surface area contributed by atoms with Gasteiger partial charge in [0.2, 0.25) is 5.91 Å². The highest BCUT2D eigenvalue weighted by Gasteiger charge is 2.44. The van der Waals surface area contributed by atoms with E-state index in [2.05, 4.69) is 16.0 Å². The maximum atomic E-state index is 12.9. The van der Waals surface area contributed by atoms with Crippen molar-refractivity contribution in [1.82, 2.24) is 14.8 Å². The summed E-state index contributed by atoms with van der Waals surface area (Å²) in [6, 6.07) is 10.7. The number of carbonyl (C=O) groups excluding carboxylic acids is 2. The highest BCUT2D eigenvalue weighted by Crippen LogP contribution is 2.37. The van der Waals surface area contributed by atoms with E-state index in [1.54, 1.807) is 17.2 Å². The molecule has 1 aromatic carbocycles. The summed E-state index contributed by atoms with van der Waals surface area (Å²) >= 11 is 0. The van der Waals surface area contributed by atoms with Gasteiger partial charge >= 0.3 is 0 Å². The molecule has 1 fully saturated rings. The van der Waals surface area contributed by atoms with Gasteiger partial charge in [-0.05, 0) is 36.1 Å². The second-order valence-electron chi connectivity index (χ2n) is 6.97. The van der Waals surface area contributed by atoms with Crippen LogP contribution in [0.25, 0.3) is 0 Å². The lowest BCUT2D eigenvalue weighted by molar-refractivity contribution is -0.123. The summed E-state index contributed by atoms with van der Waals surface area (Å²) in [5, 5.41) is 0. The number of likely N-dealkylation sites (tertiary alicyclic amines) is 1. The summed E-state index contributed by atoms with van der Waals surface area (Å²) < 4.78 is 0. The van der Waals surface area contributed by atoms with Crippen molar-refractivity contribution in [3.63, 3.8) is 0 Å². The van der Waals surface area contributed by atoms with Crippen molar-refractivity contribution >= 4 is 11.8 Å². The molecular formula is C20H22N4O2. The zero-order chi connectivity index (χ0) is 18.1. The number of benzene rings is 1. The first-order valence-corrected chi connectivity index (χ1v) is 8.97. The SMILES string of the molecule is NC(=O)C1c2ccccc2C(=O)N1C1CCN(Cc2cccnc2)CC1. The summed E-state index contributed by atoms with van der Waals surface area (Å²) in [5.41, 5.74) is 8.18. The van der Waals surface area contributed by atoms with Crippen LogP contribution in [-0.2, 0) is 11.3 Å². The molecule has 4 rings (SSSR count). The number of hydrogen-bond donors (Lipinski definition) is 1. The highest BCUT2D eigenvalue weighted by molar-refractivity contribution is 6.04. The van der Waals surface area contributed by atoms with E-state index >= 15 is 0 Å². The fourth-order valence-corrected chi connectivity index (χ4v) is 4.11. The first kappa shape index (κ1) is 16.7. The average molecular weight is 350 g/mol. The van der Waals surface area contributed by atoms with Crippen LogP contribution in [0.1, 0.15) is 40.4 Å². The van der Waals surface area contributed by atoms with Crippen molar-refractivity contribution in [3.8, 4) is 0 Å². The largest absolute Gasteiger partial charge is 0.368 e. The minimum Gasteiger partial charge on any atom is -0.368 e. The molecule has 0 bridgehead atoms. The van der Waals surface area contributed by atoms with Crippen LogP contribution in [0.2, 0.25) is 0 Å². The van der Waals surface area contributed by atoms with Gasteiger partial charge in [0, 0.05) is 43.6 Å². The van der Waals surface area contributed by atoms with Gasteiger partial charge in [0.25, 0.3) is 5.91 Å². The molecule has 1 saturated heterocycles. The molecule has 2 N–H and O–H groups in total. The fraction of sp³-hybridized carbons (Fsp3) is 0.350. The number of carbonyl (C=O) groups is 2. The maximum Gasteiger partial charge on any atom is 0.255 e. The summed E-state index contributed by atoms with van der Waals surface area (Å²) in [6.07, 6.45) is 5.33. The third kappa shape index (κ3) is 2.97. The molecule has 0 radical (unpaired) electrons. The van der Waals surface area contributed by atoms with E-state index in [-0.39, 0.29) is 11.9 Å². The van der Waals surface area contributed by atoms with Crippen molar-refractivity contribution in [2.24, 2.45) is 5.73 Å². The Bertz CT molecular complexity index is 816. The van der Waals surface area contributed by atoms with Crippen LogP contribution in [0.3, 0.4) is 0 Å². The summed E-state index contributed by atoms with van der Waals surface area (Å²) in [7, 11) is 0. The van der Waals surface area contributed by atoms with Gasteiger partial charge in [0.05, 0.1) is 0 Å². The van der Waals surface area contributed by atoms with Gasteiger partial charge in [-0.25, -0.2) is 0 Å². The van der Waals surface area contributed by atoms with E-state index in [0.717, 1.165) is 38.0 Å². The lowest BCUT2D eigenvalue weighted by Gasteiger charge is -2.38. The Hall–Kier alpha value is -2.73. The van der Waals surface area contributed by atoms with Crippen LogP contribution in [0.5, 0.6) is 0 Å². The van der Waals surface area contributed by atoms with E-state index in [0.29, 0.717) is 5.56 Å². The Morgan fingerprint density at radius 3 is 2.62 bits per heavy atom. The zero-order valence-electron chi connectivity index (χ0n) is 14.5. The smallest absolute Gasteiger partial charge is 0.255 e. The van der Waals surface area contributed by atoms with Crippen molar-refractivity contribution in [1.29, 1.82) is 0 Å². The standard InChI is InChI=1S/C20H22N4O2/c21-19(25)18-16-5-1-2-6-17(16)20(26)24(18)15-7-10-23(11-8-15)13-14-4-3-9-22-12-14/h1-6,9,12,15,18H,7-8,10-11,13H2,(H2,21,25). The second kappa shape index (κ2) is 6.88. The number of nitrogens with two attached hydrogens (primary N) is 1. The third-order valence-corrected chi connectivity index (χ3v) is 5.35. The maximum absolute atomic E-state index is 12.9.